The van der Waals surface area contributed by atoms with Gasteiger partial charge in [-0.1, -0.05) is 39.0 Å². The highest BCUT2D eigenvalue weighted by atomic mass is 16.3. The lowest BCUT2D eigenvalue weighted by atomic mass is 9.98. The zero-order chi connectivity index (χ0) is 13.3. The second-order valence-corrected chi connectivity index (χ2v) is 5.46. The maximum absolute atomic E-state index is 11.6. The SMILES string of the molecule is CCCCCCCCC(=O)NC(C)(C)C(C)O. The Morgan fingerprint density at radius 2 is 1.71 bits per heavy atom. The van der Waals surface area contributed by atoms with Crippen molar-refractivity contribution in [2.45, 2.75) is 84.3 Å². The van der Waals surface area contributed by atoms with E-state index in [-0.39, 0.29) is 5.91 Å². The van der Waals surface area contributed by atoms with E-state index in [2.05, 4.69) is 12.2 Å². The summed E-state index contributed by atoms with van der Waals surface area (Å²) in [6.07, 6.45) is 7.16. The van der Waals surface area contributed by atoms with Gasteiger partial charge in [-0.3, -0.25) is 4.79 Å². The van der Waals surface area contributed by atoms with Gasteiger partial charge in [0.2, 0.25) is 5.91 Å². The van der Waals surface area contributed by atoms with Crippen molar-refractivity contribution in [2.75, 3.05) is 0 Å². The minimum atomic E-state index is -0.531. The summed E-state index contributed by atoms with van der Waals surface area (Å²) >= 11 is 0. The van der Waals surface area contributed by atoms with Crippen molar-refractivity contribution in [3.8, 4) is 0 Å². The van der Waals surface area contributed by atoms with Crippen molar-refractivity contribution in [3.63, 3.8) is 0 Å². The summed E-state index contributed by atoms with van der Waals surface area (Å²) in [5, 5.41) is 12.4. The number of amides is 1. The standard InChI is InChI=1S/C14H29NO2/c1-5-6-7-8-9-10-11-13(17)15-14(3,4)12(2)16/h12,16H,5-11H2,1-4H3,(H,15,17). The molecule has 0 aromatic carbocycles. The summed E-state index contributed by atoms with van der Waals surface area (Å²) in [5.41, 5.74) is -0.528. The molecule has 0 rings (SSSR count). The van der Waals surface area contributed by atoms with Crippen molar-refractivity contribution >= 4 is 5.91 Å². The molecule has 2 N–H and O–H groups in total. The minimum Gasteiger partial charge on any atom is -0.391 e. The van der Waals surface area contributed by atoms with Gasteiger partial charge in [-0.25, -0.2) is 0 Å². The zero-order valence-electron chi connectivity index (χ0n) is 11.9. The zero-order valence-corrected chi connectivity index (χ0v) is 11.9. The molecule has 1 amide bonds. The molecule has 1 atom stereocenters. The van der Waals surface area contributed by atoms with Gasteiger partial charge in [0.05, 0.1) is 11.6 Å². The molecular weight excluding hydrogens is 214 g/mol. The highest BCUT2D eigenvalue weighted by Crippen LogP contribution is 2.10. The molecule has 0 spiro atoms. The molecule has 17 heavy (non-hydrogen) atoms. The van der Waals surface area contributed by atoms with Crippen LogP contribution in [0.1, 0.15) is 72.6 Å². The van der Waals surface area contributed by atoms with E-state index in [0.717, 1.165) is 12.8 Å². The molecule has 0 radical (unpaired) electrons. The van der Waals surface area contributed by atoms with E-state index in [9.17, 15) is 9.90 Å². The molecule has 0 aliphatic heterocycles. The Morgan fingerprint density at radius 3 is 2.24 bits per heavy atom. The number of unbranched alkanes of at least 4 members (excludes halogenated alkanes) is 5. The predicted molar refractivity (Wildman–Crippen MR) is 71.9 cm³/mol. The number of aliphatic hydroxyl groups excluding tert-OH is 1. The molecule has 0 heterocycles. The summed E-state index contributed by atoms with van der Waals surface area (Å²) < 4.78 is 0. The third kappa shape index (κ3) is 8.19. The van der Waals surface area contributed by atoms with Gasteiger partial charge >= 0.3 is 0 Å². The molecule has 0 bridgehead atoms. The molecule has 1 unspecified atom stereocenters. The fraction of sp³-hybridized carbons (Fsp3) is 0.929. The number of aliphatic hydroxyl groups is 1. The van der Waals surface area contributed by atoms with Gasteiger partial charge in [-0.2, -0.15) is 0 Å². The van der Waals surface area contributed by atoms with Crippen LogP contribution in [0.15, 0.2) is 0 Å². The van der Waals surface area contributed by atoms with Gasteiger partial charge in [0, 0.05) is 6.42 Å². The molecule has 3 nitrogen and oxygen atoms in total. The largest absolute Gasteiger partial charge is 0.391 e. The average molecular weight is 243 g/mol. The lowest BCUT2D eigenvalue weighted by Crippen LogP contribution is -2.50. The first-order valence-electron chi connectivity index (χ1n) is 6.89. The highest BCUT2D eigenvalue weighted by molar-refractivity contribution is 5.76. The Hall–Kier alpha value is -0.570. The Labute approximate surface area is 106 Å². The average Bonchev–Trinajstić information content (AvgIpc) is 2.22. The van der Waals surface area contributed by atoms with Crippen molar-refractivity contribution in [3.05, 3.63) is 0 Å². The first-order valence-corrected chi connectivity index (χ1v) is 6.89. The van der Waals surface area contributed by atoms with E-state index in [1.165, 1.54) is 25.7 Å². The first-order chi connectivity index (χ1) is 7.90. The van der Waals surface area contributed by atoms with Gasteiger partial charge in [0.25, 0.3) is 0 Å². The highest BCUT2D eigenvalue weighted by Gasteiger charge is 2.25. The lowest BCUT2D eigenvalue weighted by molar-refractivity contribution is -0.124. The molecule has 102 valence electrons. The van der Waals surface area contributed by atoms with E-state index in [1.54, 1.807) is 6.92 Å². The van der Waals surface area contributed by atoms with Crippen molar-refractivity contribution in [1.29, 1.82) is 0 Å². The van der Waals surface area contributed by atoms with E-state index in [1.807, 2.05) is 13.8 Å². The number of rotatable bonds is 9. The fourth-order valence-corrected chi connectivity index (χ4v) is 1.59. The summed E-state index contributed by atoms with van der Waals surface area (Å²) in [7, 11) is 0. The summed E-state index contributed by atoms with van der Waals surface area (Å²) in [6.45, 7) is 7.59. The second kappa shape index (κ2) is 8.51. The van der Waals surface area contributed by atoms with Crippen molar-refractivity contribution in [2.24, 2.45) is 0 Å². The van der Waals surface area contributed by atoms with Crippen LogP contribution < -0.4 is 5.32 Å². The maximum Gasteiger partial charge on any atom is 0.220 e. The lowest BCUT2D eigenvalue weighted by Gasteiger charge is -2.29. The molecule has 0 saturated heterocycles. The Morgan fingerprint density at radius 1 is 1.18 bits per heavy atom. The van der Waals surface area contributed by atoms with Crippen molar-refractivity contribution in [1.82, 2.24) is 5.32 Å². The van der Waals surface area contributed by atoms with E-state index in [4.69, 9.17) is 0 Å². The van der Waals surface area contributed by atoms with Crippen LogP contribution in [0.2, 0.25) is 0 Å². The normalized spacial score (nSPS) is 13.5. The summed E-state index contributed by atoms with van der Waals surface area (Å²) in [6, 6.07) is 0. The van der Waals surface area contributed by atoms with E-state index < -0.39 is 11.6 Å². The number of nitrogens with one attached hydrogen (secondary N) is 1. The Balaban J connectivity index is 3.60. The third-order valence-electron chi connectivity index (χ3n) is 3.26. The Kier molecular flexibility index (Phi) is 8.23. The van der Waals surface area contributed by atoms with Crippen LogP contribution in [-0.4, -0.2) is 22.7 Å². The quantitative estimate of drug-likeness (QED) is 0.612. The fourth-order valence-electron chi connectivity index (χ4n) is 1.59. The summed E-state index contributed by atoms with van der Waals surface area (Å²) in [4.78, 5) is 11.6. The molecule has 0 aromatic heterocycles. The van der Waals surface area contributed by atoms with Gasteiger partial charge in [0.15, 0.2) is 0 Å². The molecule has 0 saturated carbocycles. The number of carbonyl (C=O) groups excluding carboxylic acids is 1. The van der Waals surface area contributed by atoms with Crippen LogP contribution in [0, 0.1) is 0 Å². The number of hydrogen-bond donors (Lipinski definition) is 2. The monoisotopic (exact) mass is 243 g/mol. The van der Waals surface area contributed by atoms with Crippen LogP contribution in [0.3, 0.4) is 0 Å². The van der Waals surface area contributed by atoms with Gasteiger partial charge in [-0.05, 0) is 27.2 Å². The first kappa shape index (κ1) is 16.4. The third-order valence-corrected chi connectivity index (χ3v) is 3.26. The predicted octanol–water partition coefficient (Wildman–Crippen LogP) is 3.01. The smallest absolute Gasteiger partial charge is 0.220 e. The summed E-state index contributed by atoms with van der Waals surface area (Å²) in [5.74, 6) is 0.0476. The van der Waals surface area contributed by atoms with Crippen LogP contribution in [0.4, 0.5) is 0 Å². The molecule has 3 heteroatoms. The molecule has 0 aliphatic carbocycles. The molecule has 0 aliphatic rings. The van der Waals surface area contributed by atoms with Crippen LogP contribution in [-0.2, 0) is 4.79 Å². The van der Waals surface area contributed by atoms with Crippen molar-refractivity contribution < 1.29 is 9.90 Å². The topological polar surface area (TPSA) is 49.3 Å². The van der Waals surface area contributed by atoms with Gasteiger partial charge in [0.1, 0.15) is 0 Å². The molecular formula is C14H29NO2. The van der Waals surface area contributed by atoms with Gasteiger partial charge in [-0.15, -0.1) is 0 Å². The van der Waals surface area contributed by atoms with Crippen LogP contribution in [0.5, 0.6) is 0 Å². The van der Waals surface area contributed by atoms with Gasteiger partial charge < -0.3 is 10.4 Å². The van der Waals surface area contributed by atoms with E-state index in [0.29, 0.717) is 6.42 Å². The van der Waals surface area contributed by atoms with E-state index >= 15 is 0 Å². The minimum absolute atomic E-state index is 0.0476. The van der Waals surface area contributed by atoms with Crippen LogP contribution in [0.25, 0.3) is 0 Å². The molecule has 0 fully saturated rings. The maximum atomic E-state index is 11.6. The van der Waals surface area contributed by atoms with Crippen LogP contribution >= 0.6 is 0 Å². The number of carbonyl (C=O) groups is 1. The Bertz CT molecular complexity index is 212. The second-order valence-electron chi connectivity index (χ2n) is 5.46. The molecule has 0 aromatic rings. The number of hydrogen-bond acceptors (Lipinski definition) is 2.